The number of thiazole rings is 1. The van der Waals surface area contributed by atoms with Gasteiger partial charge in [0.05, 0.1) is 7.11 Å². The predicted molar refractivity (Wildman–Crippen MR) is 56.6 cm³/mol. The van der Waals surface area contributed by atoms with Crippen molar-refractivity contribution in [2.24, 2.45) is 0 Å². The van der Waals surface area contributed by atoms with Gasteiger partial charge in [-0.2, -0.15) is 0 Å². The van der Waals surface area contributed by atoms with Crippen molar-refractivity contribution in [1.82, 2.24) is 9.97 Å². The first-order valence-corrected chi connectivity index (χ1v) is 5.24. The summed E-state index contributed by atoms with van der Waals surface area (Å²) in [4.78, 5) is 19.1. The largest absolute Gasteiger partial charge is 0.464 e. The number of aromatic nitrogens is 2. The number of esters is 1. The highest BCUT2D eigenvalue weighted by atomic mass is 32.1. The Morgan fingerprint density at radius 3 is 3.06 bits per heavy atom. The Morgan fingerprint density at radius 1 is 1.56 bits per heavy atom. The van der Waals surface area contributed by atoms with Crippen LogP contribution < -0.4 is 0 Å². The summed E-state index contributed by atoms with van der Waals surface area (Å²) in [6.45, 7) is 0. The van der Waals surface area contributed by atoms with Crippen molar-refractivity contribution in [3.05, 3.63) is 35.2 Å². The van der Waals surface area contributed by atoms with Crippen molar-refractivity contribution in [3.8, 4) is 10.7 Å². The SMILES string of the molecule is COC(=O)c1csc(-c2cc(F)ccn2)n1. The molecule has 2 aromatic rings. The van der Waals surface area contributed by atoms with E-state index < -0.39 is 5.97 Å². The molecule has 6 heteroatoms. The molecule has 16 heavy (non-hydrogen) atoms. The Kier molecular flexibility index (Phi) is 2.91. The van der Waals surface area contributed by atoms with Crippen molar-refractivity contribution in [3.63, 3.8) is 0 Å². The van der Waals surface area contributed by atoms with E-state index in [-0.39, 0.29) is 11.5 Å². The number of pyridine rings is 1. The highest BCUT2D eigenvalue weighted by Crippen LogP contribution is 2.22. The van der Waals surface area contributed by atoms with Crippen molar-refractivity contribution in [2.75, 3.05) is 7.11 Å². The second-order valence-electron chi connectivity index (χ2n) is 2.89. The number of methoxy groups -OCH3 is 1. The predicted octanol–water partition coefficient (Wildman–Crippen LogP) is 2.13. The number of ether oxygens (including phenoxy) is 1. The number of nitrogens with zero attached hydrogens (tertiary/aromatic N) is 2. The van der Waals surface area contributed by atoms with Gasteiger partial charge >= 0.3 is 5.97 Å². The molecule has 0 aliphatic rings. The van der Waals surface area contributed by atoms with Crippen LogP contribution in [0, 0.1) is 5.82 Å². The lowest BCUT2D eigenvalue weighted by molar-refractivity contribution is 0.0595. The van der Waals surface area contributed by atoms with Gasteiger partial charge in [0.1, 0.15) is 16.5 Å². The van der Waals surface area contributed by atoms with Gasteiger partial charge < -0.3 is 4.74 Å². The molecule has 0 saturated carbocycles. The molecule has 0 aliphatic heterocycles. The quantitative estimate of drug-likeness (QED) is 0.752. The van der Waals surface area contributed by atoms with E-state index in [4.69, 9.17) is 0 Å². The molecule has 82 valence electrons. The fourth-order valence-electron chi connectivity index (χ4n) is 1.11. The Labute approximate surface area is 94.7 Å². The molecular weight excluding hydrogens is 231 g/mol. The lowest BCUT2D eigenvalue weighted by Crippen LogP contribution is -2.01. The standard InChI is InChI=1S/C10H7FN2O2S/c1-15-10(14)8-5-16-9(13-8)7-4-6(11)2-3-12-7/h2-5H,1H3. The Hall–Kier alpha value is -1.82. The molecule has 0 saturated heterocycles. The van der Waals surface area contributed by atoms with E-state index in [1.807, 2.05) is 0 Å². The minimum Gasteiger partial charge on any atom is -0.464 e. The van der Waals surface area contributed by atoms with Crippen molar-refractivity contribution >= 4 is 17.3 Å². The highest BCUT2D eigenvalue weighted by molar-refractivity contribution is 7.13. The van der Waals surface area contributed by atoms with Crippen molar-refractivity contribution in [1.29, 1.82) is 0 Å². The molecule has 0 N–H and O–H groups in total. The first-order chi connectivity index (χ1) is 7.70. The van der Waals surface area contributed by atoms with E-state index >= 15 is 0 Å². The van der Waals surface area contributed by atoms with E-state index in [1.165, 1.54) is 36.8 Å². The molecule has 0 radical (unpaired) electrons. The summed E-state index contributed by atoms with van der Waals surface area (Å²) >= 11 is 1.21. The van der Waals surface area contributed by atoms with Crippen LogP contribution in [0.1, 0.15) is 10.5 Å². The second-order valence-corrected chi connectivity index (χ2v) is 3.75. The van der Waals surface area contributed by atoms with Gasteiger partial charge in [0, 0.05) is 17.6 Å². The van der Waals surface area contributed by atoms with Crippen LogP contribution in [0.25, 0.3) is 10.7 Å². The van der Waals surface area contributed by atoms with Gasteiger partial charge in [0.15, 0.2) is 5.69 Å². The molecule has 0 spiro atoms. The fraction of sp³-hybridized carbons (Fsp3) is 0.100. The first kappa shape index (κ1) is 10.7. The Bertz CT molecular complexity index is 527. The molecule has 2 heterocycles. The van der Waals surface area contributed by atoms with Gasteiger partial charge in [-0.15, -0.1) is 11.3 Å². The normalized spacial score (nSPS) is 10.1. The van der Waals surface area contributed by atoms with Crippen LogP contribution in [0.3, 0.4) is 0 Å². The number of hydrogen-bond acceptors (Lipinski definition) is 5. The first-order valence-electron chi connectivity index (χ1n) is 4.36. The van der Waals surface area contributed by atoms with E-state index in [2.05, 4.69) is 14.7 Å². The third kappa shape index (κ3) is 2.06. The van der Waals surface area contributed by atoms with Crippen LogP contribution in [-0.2, 0) is 4.74 Å². The third-order valence-corrected chi connectivity index (χ3v) is 2.70. The maximum absolute atomic E-state index is 12.9. The number of carbonyl (C=O) groups is 1. The second kappa shape index (κ2) is 4.36. The van der Waals surface area contributed by atoms with Gasteiger partial charge in [-0.25, -0.2) is 14.2 Å². The Balaban J connectivity index is 2.35. The van der Waals surface area contributed by atoms with E-state index in [1.54, 1.807) is 5.38 Å². The molecule has 2 rings (SSSR count). The lowest BCUT2D eigenvalue weighted by Gasteiger charge is -1.94. The van der Waals surface area contributed by atoms with Crippen molar-refractivity contribution < 1.29 is 13.9 Å². The van der Waals surface area contributed by atoms with Gasteiger partial charge in [-0.3, -0.25) is 4.98 Å². The monoisotopic (exact) mass is 238 g/mol. The highest BCUT2D eigenvalue weighted by Gasteiger charge is 2.12. The van der Waals surface area contributed by atoms with Crippen LogP contribution in [0.2, 0.25) is 0 Å². The summed E-state index contributed by atoms with van der Waals surface area (Å²) < 4.78 is 17.4. The number of rotatable bonds is 2. The van der Waals surface area contributed by atoms with Gasteiger partial charge in [-0.1, -0.05) is 0 Å². The van der Waals surface area contributed by atoms with Crippen molar-refractivity contribution in [2.45, 2.75) is 0 Å². The zero-order valence-corrected chi connectivity index (χ0v) is 9.12. The molecule has 0 atom stereocenters. The van der Waals surface area contributed by atoms with E-state index in [0.717, 1.165) is 0 Å². The molecule has 0 aromatic carbocycles. The van der Waals surface area contributed by atoms with Crippen LogP contribution in [0.15, 0.2) is 23.7 Å². The van der Waals surface area contributed by atoms with Gasteiger partial charge in [-0.05, 0) is 6.07 Å². The van der Waals surface area contributed by atoms with Crippen LogP contribution >= 0.6 is 11.3 Å². The van der Waals surface area contributed by atoms with E-state index in [0.29, 0.717) is 10.7 Å². The number of halogens is 1. The summed E-state index contributed by atoms with van der Waals surface area (Å²) in [5.41, 5.74) is 0.605. The van der Waals surface area contributed by atoms with Crippen LogP contribution in [-0.4, -0.2) is 23.0 Å². The average molecular weight is 238 g/mol. The molecule has 4 nitrogen and oxygen atoms in total. The molecule has 0 aliphatic carbocycles. The van der Waals surface area contributed by atoms with E-state index in [9.17, 15) is 9.18 Å². The molecule has 0 amide bonds. The fourth-order valence-corrected chi connectivity index (χ4v) is 1.87. The minimum absolute atomic E-state index is 0.202. The zero-order chi connectivity index (χ0) is 11.5. The Morgan fingerprint density at radius 2 is 2.38 bits per heavy atom. The van der Waals surface area contributed by atoms with Crippen LogP contribution in [0.4, 0.5) is 4.39 Å². The molecule has 0 unspecified atom stereocenters. The maximum Gasteiger partial charge on any atom is 0.357 e. The summed E-state index contributed by atoms with van der Waals surface area (Å²) in [6.07, 6.45) is 1.35. The zero-order valence-electron chi connectivity index (χ0n) is 8.31. The minimum atomic E-state index is -0.515. The lowest BCUT2D eigenvalue weighted by atomic mass is 10.3. The summed E-state index contributed by atoms with van der Waals surface area (Å²) in [7, 11) is 1.28. The topological polar surface area (TPSA) is 52.1 Å². The third-order valence-electron chi connectivity index (χ3n) is 1.84. The van der Waals surface area contributed by atoms with Crippen LogP contribution in [0.5, 0.6) is 0 Å². The molecule has 0 fully saturated rings. The maximum atomic E-state index is 12.9. The molecule has 0 bridgehead atoms. The van der Waals surface area contributed by atoms with Gasteiger partial charge in [0.2, 0.25) is 0 Å². The smallest absolute Gasteiger partial charge is 0.357 e. The number of carbonyl (C=O) groups excluding carboxylic acids is 1. The average Bonchev–Trinajstić information content (AvgIpc) is 2.77. The molecular formula is C10H7FN2O2S. The summed E-state index contributed by atoms with van der Waals surface area (Å²) in [5.74, 6) is -0.904. The summed E-state index contributed by atoms with van der Waals surface area (Å²) in [5, 5.41) is 2.04. The van der Waals surface area contributed by atoms with Gasteiger partial charge in [0.25, 0.3) is 0 Å². The molecule has 2 aromatic heterocycles. The summed E-state index contributed by atoms with van der Waals surface area (Å²) in [6, 6.07) is 2.51. The number of hydrogen-bond donors (Lipinski definition) is 0.